The van der Waals surface area contributed by atoms with Crippen molar-refractivity contribution in [1.82, 2.24) is 10.6 Å². The third-order valence-corrected chi connectivity index (χ3v) is 5.19. The van der Waals surface area contributed by atoms with E-state index < -0.39 is 0 Å². The molecule has 3 aromatic carbocycles. The van der Waals surface area contributed by atoms with E-state index in [2.05, 4.69) is 22.8 Å². The minimum atomic E-state index is -0.190. The van der Waals surface area contributed by atoms with Crippen LogP contribution in [0.5, 0.6) is 5.75 Å². The molecule has 5 nitrogen and oxygen atoms in total. The first-order chi connectivity index (χ1) is 15.2. The lowest BCUT2D eigenvalue weighted by atomic mass is 10.0. The molecule has 0 unspecified atom stereocenters. The Morgan fingerprint density at radius 3 is 2.29 bits per heavy atom. The summed E-state index contributed by atoms with van der Waals surface area (Å²) in [5.41, 5.74) is 3.81. The average Bonchev–Trinajstić information content (AvgIpc) is 3.62. The largest absolute Gasteiger partial charge is 0.483 e. The molecule has 4 rings (SSSR count). The number of ether oxygens (including phenoxy) is 1. The molecule has 158 valence electrons. The van der Waals surface area contributed by atoms with Gasteiger partial charge in [0.1, 0.15) is 5.75 Å². The molecular weight excluding hydrogens is 388 g/mol. The van der Waals surface area contributed by atoms with Crippen molar-refractivity contribution < 1.29 is 14.3 Å². The summed E-state index contributed by atoms with van der Waals surface area (Å²) in [7, 11) is 0. The van der Waals surface area contributed by atoms with Gasteiger partial charge >= 0.3 is 0 Å². The lowest BCUT2D eigenvalue weighted by Crippen LogP contribution is -2.28. The van der Waals surface area contributed by atoms with E-state index in [0.29, 0.717) is 23.9 Å². The second-order valence-corrected chi connectivity index (χ2v) is 7.78. The van der Waals surface area contributed by atoms with Crippen LogP contribution in [0.3, 0.4) is 0 Å². The molecule has 1 fully saturated rings. The number of nitrogens with one attached hydrogen (secondary N) is 2. The number of carbonyl (C=O) groups is 2. The van der Waals surface area contributed by atoms with Crippen molar-refractivity contribution in [3.8, 4) is 5.75 Å². The monoisotopic (exact) mass is 414 g/mol. The maximum absolute atomic E-state index is 12.3. The van der Waals surface area contributed by atoms with Gasteiger partial charge in [-0.2, -0.15) is 0 Å². The third kappa shape index (κ3) is 6.19. The van der Waals surface area contributed by atoms with Crippen LogP contribution in [0.15, 0.2) is 78.9 Å². The van der Waals surface area contributed by atoms with E-state index in [4.69, 9.17) is 4.74 Å². The summed E-state index contributed by atoms with van der Waals surface area (Å²) in [6, 6.07) is 25.6. The maximum Gasteiger partial charge on any atom is 0.258 e. The van der Waals surface area contributed by atoms with Crippen molar-refractivity contribution in [2.45, 2.75) is 31.8 Å². The minimum absolute atomic E-state index is 0.0411. The van der Waals surface area contributed by atoms with E-state index in [-0.39, 0.29) is 18.4 Å². The Balaban J connectivity index is 1.25. The normalized spacial score (nSPS) is 12.8. The highest BCUT2D eigenvalue weighted by Gasteiger charge is 2.23. The fourth-order valence-corrected chi connectivity index (χ4v) is 3.27. The SMILES string of the molecule is O=C(COc1ccccc1Cc1ccccc1)NCc1ccc(C(=O)NC2CC2)cc1. The van der Waals surface area contributed by atoms with Gasteiger partial charge in [0.2, 0.25) is 0 Å². The predicted octanol–water partition coefficient (Wildman–Crippen LogP) is 3.86. The molecule has 2 amide bonds. The highest BCUT2D eigenvalue weighted by atomic mass is 16.5. The summed E-state index contributed by atoms with van der Waals surface area (Å²) >= 11 is 0. The molecule has 0 saturated heterocycles. The second-order valence-electron chi connectivity index (χ2n) is 7.78. The van der Waals surface area contributed by atoms with E-state index in [9.17, 15) is 9.59 Å². The summed E-state index contributed by atoms with van der Waals surface area (Å²) in [6.07, 6.45) is 2.88. The first kappa shape index (κ1) is 20.7. The van der Waals surface area contributed by atoms with Gasteiger partial charge in [-0.1, -0.05) is 60.7 Å². The third-order valence-electron chi connectivity index (χ3n) is 5.19. The van der Waals surface area contributed by atoms with Gasteiger partial charge in [-0.3, -0.25) is 9.59 Å². The van der Waals surface area contributed by atoms with Crippen LogP contribution in [-0.2, 0) is 17.8 Å². The molecule has 31 heavy (non-hydrogen) atoms. The Morgan fingerprint density at radius 2 is 1.55 bits per heavy atom. The summed E-state index contributed by atoms with van der Waals surface area (Å²) < 4.78 is 5.79. The molecule has 0 aromatic heterocycles. The van der Waals surface area contributed by atoms with Gasteiger partial charge in [0.05, 0.1) is 0 Å². The van der Waals surface area contributed by atoms with Crippen LogP contribution in [-0.4, -0.2) is 24.5 Å². The Hall–Kier alpha value is -3.60. The Kier molecular flexibility index (Phi) is 6.62. The zero-order valence-electron chi connectivity index (χ0n) is 17.3. The average molecular weight is 415 g/mol. The smallest absolute Gasteiger partial charge is 0.258 e. The highest BCUT2D eigenvalue weighted by molar-refractivity contribution is 5.94. The molecule has 5 heteroatoms. The van der Waals surface area contributed by atoms with Gasteiger partial charge in [0.25, 0.3) is 11.8 Å². The molecule has 1 aliphatic carbocycles. The van der Waals surface area contributed by atoms with E-state index in [1.807, 2.05) is 54.6 Å². The van der Waals surface area contributed by atoms with E-state index in [1.165, 1.54) is 5.56 Å². The van der Waals surface area contributed by atoms with Crippen molar-refractivity contribution in [1.29, 1.82) is 0 Å². The fraction of sp³-hybridized carbons (Fsp3) is 0.231. The molecule has 0 spiro atoms. The summed E-state index contributed by atoms with van der Waals surface area (Å²) in [4.78, 5) is 24.3. The first-order valence-corrected chi connectivity index (χ1v) is 10.6. The van der Waals surface area contributed by atoms with Gasteiger partial charge in [-0.05, 0) is 47.7 Å². The zero-order valence-corrected chi connectivity index (χ0v) is 17.3. The van der Waals surface area contributed by atoms with Crippen LogP contribution in [0.2, 0.25) is 0 Å². The molecule has 1 aliphatic rings. The summed E-state index contributed by atoms with van der Waals surface area (Å²) in [5, 5.41) is 5.83. The van der Waals surface area contributed by atoms with Crippen molar-refractivity contribution in [2.75, 3.05) is 6.61 Å². The molecule has 0 radical (unpaired) electrons. The van der Waals surface area contributed by atoms with Crippen molar-refractivity contribution in [2.24, 2.45) is 0 Å². The molecular formula is C26H26N2O3. The second kappa shape index (κ2) is 9.94. The molecule has 0 bridgehead atoms. The van der Waals surface area contributed by atoms with Crippen molar-refractivity contribution >= 4 is 11.8 Å². The quantitative estimate of drug-likeness (QED) is 0.559. The lowest BCUT2D eigenvalue weighted by molar-refractivity contribution is -0.123. The van der Waals surface area contributed by atoms with Crippen LogP contribution in [0, 0.1) is 0 Å². The van der Waals surface area contributed by atoms with E-state index in [1.54, 1.807) is 12.1 Å². The maximum atomic E-state index is 12.3. The van der Waals surface area contributed by atoms with Crippen LogP contribution in [0.1, 0.15) is 39.9 Å². The fourth-order valence-electron chi connectivity index (χ4n) is 3.27. The van der Waals surface area contributed by atoms with Crippen LogP contribution in [0.25, 0.3) is 0 Å². The molecule has 2 N–H and O–H groups in total. The first-order valence-electron chi connectivity index (χ1n) is 10.6. The number of para-hydroxylation sites is 1. The molecule has 1 saturated carbocycles. The van der Waals surface area contributed by atoms with Crippen LogP contribution >= 0.6 is 0 Å². The van der Waals surface area contributed by atoms with Crippen molar-refractivity contribution in [3.05, 3.63) is 101 Å². The zero-order chi connectivity index (χ0) is 21.5. The number of amides is 2. The number of benzene rings is 3. The van der Waals surface area contributed by atoms with Crippen LogP contribution < -0.4 is 15.4 Å². The van der Waals surface area contributed by atoms with Gasteiger partial charge in [-0.15, -0.1) is 0 Å². The van der Waals surface area contributed by atoms with Gasteiger partial charge in [0, 0.05) is 24.6 Å². The summed E-state index contributed by atoms with van der Waals surface area (Å²) in [6.45, 7) is 0.339. The van der Waals surface area contributed by atoms with Crippen molar-refractivity contribution in [3.63, 3.8) is 0 Å². The lowest BCUT2D eigenvalue weighted by Gasteiger charge is -2.12. The Labute approximate surface area is 182 Å². The highest BCUT2D eigenvalue weighted by Crippen LogP contribution is 2.21. The summed E-state index contributed by atoms with van der Waals surface area (Å²) in [5.74, 6) is 0.484. The molecule has 0 aliphatic heterocycles. The van der Waals surface area contributed by atoms with E-state index >= 15 is 0 Å². The number of carbonyl (C=O) groups excluding carboxylic acids is 2. The Morgan fingerprint density at radius 1 is 0.839 bits per heavy atom. The van der Waals surface area contributed by atoms with Crippen LogP contribution in [0.4, 0.5) is 0 Å². The predicted molar refractivity (Wildman–Crippen MR) is 120 cm³/mol. The number of rotatable bonds is 9. The van der Waals surface area contributed by atoms with Gasteiger partial charge < -0.3 is 15.4 Å². The minimum Gasteiger partial charge on any atom is -0.483 e. The number of hydrogen-bond acceptors (Lipinski definition) is 3. The van der Waals surface area contributed by atoms with E-state index in [0.717, 1.165) is 30.4 Å². The molecule has 0 atom stereocenters. The molecule has 0 heterocycles. The van der Waals surface area contributed by atoms with Gasteiger partial charge in [-0.25, -0.2) is 0 Å². The number of hydrogen-bond donors (Lipinski definition) is 2. The Bertz CT molecular complexity index is 1030. The van der Waals surface area contributed by atoms with Gasteiger partial charge in [0.15, 0.2) is 6.61 Å². The standard InChI is InChI=1S/C26H26N2O3/c29-25(27-17-20-10-12-21(13-11-20)26(30)28-23-14-15-23)18-31-24-9-5-4-8-22(24)16-19-6-2-1-3-7-19/h1-13,23H,14-18H2,(H,27,29)(H,28,30). The topological polar surface area (TPSA) is 67.4 Å². The molecule has 3 aromatic rings.